The zero-order valence-corrected chi connectivity index (χ0v) is 39.2. The summed E-state index contributed by atoms with van der Waals surface area (Å²) in [7, 11) is 2.44. The predicted octanol–water partition coefficient (Wildman–Crippen LogP) is 16.0. The topological polar surface area (TPSA) is 43.2 Å². The minimum Gasteiger partial charge on any atom is -0.456 e. The number of para-hydroxylation sites is 1. The Hall–Kier alpha value is -6.76. The molecule has 4 aromatic heterocycles. The van der Waals surface area contributed by atoms with Crippen LogP contribution in [0.4, 0.5) is 11.4 Å². The number of furan rings is 2. The van der Waals surface area contributed by atoms with Crippen LogP contribution in [0.15, 0.2) is 142 Å². The summed E-state index contributed by atoms with van der Waals surface area (Å²) in [6.07, 6.45) is 2.32. The van der Waals surface area contributed by atoms with Crippen LogP contribution in [0, 0.1) is 0 Å². The van der Waals surface area contributed by atoms with Gasteiger partial charge in [-0.2, -0.15) is 0 Å². The van der Waals surface area contributed by atoms with E-state index in [1.54, 1.807) is 0 Å². The molecule has 8 aromatic carbocycles. The van der Waals surface area contributed by atoms with Crippen LogP contribution in [0.3, 0.4) is 0 Å². The second-order valence-corrected chi connectivity index (χ2v) is 22.5. The SMILES string of the molecule is CC(C)(C)c1ccc(Nc2cc3c(cc2-c2ccc4c5c6oc7ccccc7c6ccc5n5c4c2[B]c2cc4sc6ccccc6c4cc2-5)oc2cc4c(cc23)C(C)(C)CCC4(C)C)cc1. The van der Waals surface area contributed by atoms with E-state index in [1.165, 1.54) is 69.8 Å². The van der Waals surface area contributed by atoms with Crippen molar-refractivity contribution in [2.75, 3.05) is 5.32 Å². The first-order chi connectivity index (χ1) is 31.8. The molecule has 2 aliphatic rings. The van der Waals surface area contributed by atoms with E-state index in [-0.39, 0.29) is 16.2 Å². The highest BCUT2D eigenvalue weighted by molar-refractivity contribution is 7.26. The zero-order chi connectivity index (χ0) is 44.6. The maximum atomic E-state index is 7.00. The summed E-state index contributed by atoms with van der Waals surface area (Å²) in [5.41, 5.74) is 18.3. The molecule has 6 heteroatoms. The zero-order valence-electron chi connectivity index (χ0n) is 38.4. The molecule has 0 saturated heterocycles. The van der Waals surface area contributed by atoms with E-state index < -0.39 is 0 Å². The second-order valence-electron chi connectivity index (χ2n) is 21.5. The van der Waals surface area contributed by atoms with Crippen LogP contribution in [0.2, 0.25) is 0 Å². The summed E-state index contributed by atoms with van der Waals surface area (Å²) in [6.45, 7) is 16.4. The standard InChI is InChI=1S/C60H48BN2O2S/c1-58(2,3)32-16-18-33(19-17-32)62-46-27-41-40-26-43-44(60(6,7)25-24-59(43,4)5)30-51(40)64-50(41)29-39(46)36-20-21-38-54-47(23-22-37-34-12-8-10-14-49(34)65-57(37)54)63-48-28-42-35-13-9-11-15-52(35)66-53(42)31-45(48)61-55(36)56(38)63/h8-23,26-31,62H,24-25H2,1-7H3. The molecule has 0 saturated carbocycles. The minimum absolute atomic E-state index is 0.0534. The summed E-state index contributed by atoms with van der Waals surface area (Å²) in [6, 6.07) is 49.7. The van der Waals surface area contributed by atoms with Crippen LogP contribution < -0.4 is 16.2 Å². The van der Waals surface area contributed by atoms with Gasteiger partial charge in [0.1, 0.15) is 22.3 Å². The molecule has 0 amide bonds. The summed E-state index contributed by atoms with van der Waals surface area (Å²) in [4.78, 5) is 0. The van der Waals surface area contributed by atoms with Gasteiger partial charge in [-0.3, -0.25) is 0 Å². The first-order valence-corrected chi connectivity index (χ1v) is 24.3. The number of benzene rings is 8. The molecule has 1 radical (unpaired) electrons. The molecule has 0 bridgehead atoms. The maximum Gasteiger partial charge on any atom is 0.197 e. The molecule has 4 nitrogen and oxygen atoms in total. The molecule has 66 heavy (non-hydrogen) atoms. The third kappa shape index (κ3) is 5.33. The Labute approximate surface area is 388 Å². The Morgan fingerprint density at radius 3 is 2.11 bits per heavy atom. The molecule has 0 unspecified atom stereocenters. The molecule has 0 atom stereocenters. The fourth-order valence-electron chi connectivity index (χ4n) is 11.7. The van der Waals surface area contributed by atoms with Crippen LogP contribution in [-0.2, 0) is 16.2 Å². The molecule has 5 heterocycles. The highest BCUT2D eigenvalue weighted by atomic mass is 32.1. The Morgan fingerprint density at radius 1 is 0.591 bits per heavy atom. The third-order valence-corrected chi connectivity index (χ3v) is 16.6. The Kier molecular flexibility index (Phi) is 7.58. The van der Waals surface area contributed by atoms with E-state index in [1.807, 2.05) is 11.3 Å². The van der Waals surface area contributed by atoms with Gasteiger partial charge in [-0.25, -0.2) is 0 Å². The van der Waals surface area contributed by atoms with Crippen molar-refractivity contribution < 1.29 is 8.83 Å². The van der Waals surface area contributed by atoms with Crippen molar-refractivity contribution in [2.24, 2.45) is 0 Å². The van der Waals surface area contributed by atoms with Crippen molar-refractivity contribution in [2.45, 2.75) is 77.6 Å². The number of anilines is 2. The van der Waals surface area contributed by atoms with E-state index in [9.17, 15) is 0 Å². The molecule has 12 aromatic rings. The van der Waals surface area contributed by atoms with Crippen molar-refractivity contribution in [3.05, 3.63) is 150 Å². The van der Waals surface area contributed by atoms with Crippen molar-refractivity contribution in [3.8, 4) is 16.8 Å². The molecular formula is C60H48BN2O2S. The first-order valence-electron chi connectivity index (χ1n) is 23.4. The van der Waals surface area contributed by atoms with Gasteiger partial charge in [0.2, 0.25) is 0 Å². The van der Waals surface area contributed by atoms with Gasteiger partial charge < -0.3 is 18.7 Å². The molecule has 319 valence electrons. The average molecular weight is 872 g/mol. The lowest BCUT2D eigenvalue weighted by Gasteiger charge is -2.41. The number of nitrogens with zero attached hydrogens (tertiary/aromatic N) is 1. The van der Waals surface area contributed by atoms with Crippen LogP contribution in [0.5, 0.6) is 0 Å². The lowest BCUT2D eigenvalue weighted by atomic mass is 9.59. The van der Waals surface area contributed by atoms with Gasteiger partial charge >= 0.3 is 0 Å². The van der Waals surface area contributed by atoms with Crippen LogP contribution in [-0.4, -0.2) is 11.8 Å². The summed E-state index contributed by atoms with van der Waals surface area (Å²) in [5.74, 6) is 0. The van der Waals surface area contributed by atoms with E-state index >= 15 is 0 Å². The van der Waals surface area contributed by atoms with E-state index in [0.29, 0.717) is 0 Å². The van der Waals surface area contributed by atoms with Crippen LogP contribution in [0.25, 0.3) is 103 Å². The van der Waals surface area contributed by atoms with Gasteiger partial charge in [0.05, 0.1) is 10.9 Å². The van der Waals surface area contributed by atoms with Gasteiger partial charge in [0, 0.05) is 75.2 Å². The van der Waals surface area contributed by atoms with Gasteiger partial charge in [0.25, 0.3) is 0 Å². The van der Waals surface area contributed by atoms with Gasteiger partial charge in [-0.15, -0.1) is 11.3 Å². The van der Waals surface area contributed by atoms with Gasteiger partial charge in [-0.1, -0.05) is 115 Å². The summed E-state index contributed by atoms with van der Waals surface area (Å²) in [5, 5.41) is 13.4. The Balaban J connectivity index is 1.07. The molecule has 1 N–H and O–H groups in total. The lowest BCUT2D eigenvalue weighted by Crippen LogP contribution is -2.37. The first kappa shape index (κ1) is 38.5. The smallest absolute Gasteiger partial charge is 0.197 e. The number of aromatic nitrogens is 1. The monoisotopic (exact) mass is 871 g/mol. The molecule has 14 rings (SSSR count). The normalized spacial score (nSPS) is 15.4. The molecule has 1 aliphatic heterocycles. The highest BCUT2D eigenvalue weighted by Crippen LogP contribution is 2.50. The Bertz CT molecular complexity index is 4090. The largest absolute Gasteiger partial charge is 0.456 e. The molecule has 0 fully saturated rings. The quantitative estimate of drug-likeness (QED) is 0.180. The second kappa shape index (κ2) is 13.0. The summed E-state index contributed by atoms with van der Waals surface area (Å²) < 4.78 is 18.9. The fourth-order valence-corrected chi connectivity index (χ4v) is 12.8. The number of hydrogen-bond acceptors (Lipinski definition) is 4. The lowest BCUT2D eigenvalue weighted by molar-refractivity contribution is 0.332. The average Bonchev–Trinajstić information content (AvgIpc) is 4.06. The Morgan fingerprint density at radius 2 is 1.30 bits per heavy atom. The van der Waals surface area contributed by atoms with E-state index in [4.69, 9.17) is 8.83 Å². The fraction of sp³-hybridized carbons (Fsp3) is 0.200. The predicted molar refractivity (Wildman–Crippen MR) is 282 cm³/mol. The van der Waals surface area contributed by atoms with Crippen LogP contribution in [0.1, 0.15) is 78.0 Å². The van der Waals surface area contributed by atoms with Crippen molar-refractivity contribution in [1.82, 2.24) is 4.57 Å². The van der Waals surface area contributed by atoms with Crippen LogP contribution >= 0.6 is 11.3 Å². The molecule has 0 spiro atoms. The maximum absolute atomic E-state index is 7.00. The number of thiophene rings is 1. The highest BCUT2D eigenvalue weighted by Gasteiger charge is 2.38. The number of hydrogen-bond donors (Lipinski definition) is 1. The molecule has 1 aliphatic carbocycles. The van der Waals surface area contributed by atoms with Crippen molar-refractivity contribution in [1.29, 1.82) is 0 Å². The van der Waals surface area contributed by atoms with E-state index in [2.05, 4.69) is 199 Å². The van der Waals surface area contributed by atoms with Gasteiger partial charge in [0.15, 0.2) is 7.28 Å². The molecular weight excluding hydrogens is 824 g/mol. The number of fused-ring (bicyclic) bond motifs is 16. The minimum atomic E-state index is 0.0534. The van der Waals surface area contributed by atoms with Crippen molar-refractivity contribution >= 4 is 127 Å². The summed E-state index contributed by atoms with van der Waals surface area (Å²) >= 11 is 1.87. The van der Waals surface area contributed by atoms with E-state index in [0.717, 1.165) is 84.7 Å². The third-order valence-electron chi connectivity index (χ3n) is 15.4. The van der Waals surface area contributed by atoms with Crippen molar-refractivity contribution in [3.63, 3.8) is 0 Å². The number of rotatable bonds is 3. The van der Waals surface area contributed by atoms with Gasteiger partial charge in [-0.05, 0) is 130 Å². The number of nitrogens with one attached hydrogen (secondary N) is 1.